The highest BCUT2D eigenvalue weighted by Crippen LogP contribution is 2.25. The molecule has 0 saturated carbocycles. The Morgan fingerprint density at radius 1 is 0.971 bits per heavy atom. The van der Waals surface area contributed by atoms with Crippen LogP contribution in [0.15, 0.2) is 60.0 Å². The van der Waals surface area contributed by atoms with E-state index in [1.807, 2.05) is 35.7 Å². The zero-order valence-electron chi connectivity index (χ0n) is 19.9. The smallest absolute Gasteiger partial charge is 0.329 e. The maximum Gasteiger partial charge on any atom is 0.329 e. The lowest BCUT2D eigenvalue weighted by Gasteiger charge is -2.20. The number of hydrogen-bond acceptors (Lipinski definition) is 7. The highest BCUT2D eigenvalue weighted by Gasteiger charge is 2.26. The fourth-order valence-electron chi connectivity index (χ4n) is 3.14. The predicted octanol–water partition coefficient (Wildman–Crippen LogP) is 4.07. The molecule has 0 spiro atoms. The number of amides is 2. The van der Waals surface area contributed by atoms with Gasteiger partial charge in [0.15, 0.2) is 18.3 Å². The summed E-state index contributed by atoms with van der Waals surface area (Å²) >= 11 is 1.29. The molecular weight excluding hydrogens is 466 g/mol. The molecule has 0 radical (unpaired) electrons. The van der Waals surface area contributed by atoms with Crippen LogP contribution in [0.4, 0.5) is 5.13 Å². The molecular formula is C26H29N3O5S. The summed E-state index contributed by atoms with van der Waals surface area (Å²) in [5.74, 6) is -1.37. The lowest BCUT2D eigenvalue weighted by Crippen LogP contribution is -2.47. The van der Waals surface area contributed by atoms with Crippen molar-refractivity contribution in [3.05, 3.63) is 65.5 Å². The molecule has 0 saturated heterocycles. The zero-order chi connectivity index (χ0) is 25.2. The quantitative estimate of drug-likeness (QED) is 0.388. The summed E-state index contributed by atoms with van der Waals surface area (Å²) in [6.07, 6.45) is 0.959. The largest absolute Gasteiger partial charge is 0.484 e. The van der Waals surface area contributed by atoms with Gasteiger partial charge in [0.25, 0.3) is 11.8 Å². The van der Waals surface area contributed by atoms with Gasteiger partial charge < -0.3 is 14.8 Å². The first kappa shape index (κ1) is 25.9. The van der Waals surface area contributed by atoms with Crippen LogP contribution in [0.1, 0.15) is 26.3 Å². The van der Waals surface area contributed by atoms with Crippen molar-refractivity contribution in [2.45, 2.75) is 33.2 Å². The third-order valence-corrected chi connectivity index (χ3v) is 5.86. The van der Waals surface area contributed by atoms with Crippen LogP contribution < -0.4 is 15.4 Å². The molecule has 35 heavy (non-hydrogen) atoms. The van der Waals surface area contributed by atoms with E-state index in [4.69, 9.17) is 9.47 Å². The molecule has 8 nitrogen and oxygen atoms in total. The van der Waals surface area contributed by atoms with Crippen LogP contribution in [0.2, 0.25) is 0 Å². The van der Waals surface area contributed by atoms with Crippen LogP contribution >= 0.6 is 11.3 Å². The van der Waals surface area contributed by atoms with Crippen molar-refractivity contribution in [2.24, 2.45) is 5.92 Å². The molecule has 0 unspecified atom stereocenters. The van der Waals surface area contributed by atoms with Gasteiger partial charge in [-0.2, -0.15) is 0 Å². The van der Waals surface area contributed by atoms with E-state index in [0.717, 1.165) is 17.7 Å². The van der Waals surface area contributed by atoms with Gasteiger partial charge >= 0.3 is 5.97 Å². The van der Waals surface area contributed by atoms with Crippen LogP contribution in [-0.2, 0) is 25.5 Å². The minimum atomic E-state index is -0.910. The second kappa shape index (κ2) is 12.7. The van der Waals surface area contributed by atoms with Crippen molar-refractivity contribution >= 4 is 34.3 Å². The normalized spacial score (nSPS) is 11.5. The van der Waals surface area contributed by atoms with E-state index < -0.39 is 30.4 Å². The highest BCUT2D eigenvalue weighted by molar-refractivity contribution is 7.14. The van der Waals surface area contributed by atoms with Crippen molar-refractivity contribution in [1.82, 2.24) is 10.3 Å². The van der Waals surface area contributed by atoms with Crippen molar-refractivity contribution in [1.29, 1.82) is 0 Å². The van der Waals surface area contributed by atoms with Gasteiger partial charge in [-0.1, -0.05) is 63.2 Å². The Bertz CT molecular complexity index is 1130. The number of anilines is 1. The second-order valence-electron chi connectivity index (χ2n) is 8.14. The fourth-order valence-corrected chi connectivity index (χ4v) is 3.87. The number of hydrogen-bond donors (Lipinski definition) is 2. The molecule has 2 amide bonds. The first-order valence-electron chi connectivity index (χ1n) is 11.3. The number of carbonyl (C=O) groups excluding carboxylic acids is 3. The number of aromatic nitrogens is 1. The Balaban J connectivity index is 1.47. The summed E-state index contributed by atoms with van der Waals surface area (Å²) in [6, 6.07) is 16.1. The summed E-state index contributed by atoms with van der Waals surface area (Å²) in [5.41, 5.74) is 2.95. The summed E-state index contributed by atoms with van der Waals surface area (Å²) < 4.78 is 10.6. The van der Waals surface area contributed by atoms with E-state index in [2.05, 4.69) is 22.5 Å². The molecule has 0 bridgehead atoms. The van der Waals surface area contributed by atoms with Crippen molar-refractivity contribution < 1.29 is 23.9 Å². The number of ether oxygens (including phenoxy) is 2. The van der Waals surface area contributed by atoms with Gasteiger partial charge in [0.1, 0.15) is 11.8 Å². The SMILES string of the molecule is CCc1ccc(-c2csc(NC(=O)COC(=O)[C@@H](NC(=O)COc3ccccc3)C(C)C)n2)cc1. The number of carbonyl (C=O) groups is 3. The highest BCUT2D eigenvalue weighted by atomic mass is 32.1. The molecule has 2 N–H and O–H groups in total. The van der Waals surface area contributed by atoms with E-state index in [0.29, 0.717) is 10.9 Å². The Morgan fingerprint density at radius 2 is 1.69 bits per heavy atom. The van der Waals surface area contributed by atoms with E-state index in [-0.39, 0.29) is 12.5 Å². The van der Waals surface area contributed by atoms with Gasteiger partial charge in [0.2, 0.25) is 0 Å². The monoisotopic (exact) mass is 495 g/mol. The van der Waals surface area contributed by atoms with Crippen LogP contribution in [0.3, 0.4) is 0 Å². The van der Waals surface area contributed by atoms with Gasteiger partial charge in [0, 0.05) is 10.9 Å². The van der Waals surface area contributed by atoms with E-state index in [1.165, 1.54) is 16.9 Å². The average molecular weight is 496 g/mol. The number of para-hydroxylation sites is 1. The van der Waals surface area contributed by atoms with E-state index in [1.54, 1.807) is 38.1 Å². The van der Waals surface area contributed by atoms with Gasteiger partial charge in [0.05, 0.1) is 5.69 Å². The number of benzene rings is 2. The number of nitrogens with one attached hydrogen (secondary N) is 2. The molecule has 1 heterocycles. The van der Waals surface area contributed by atoms with Gasteiger partial charge in [-0.15, -0.1) is 11.3 Å². The van der Waals surface area contributed by atoms with Crippen LogP contribution in [0.5, 0.6) is 5.75 Å². The molecule has 0 fully saturated rings. The number of aryl methyl sites for hydroxylation is 1. The zero-order valence-corrected chi connectivity index (χ0v) is 20.8. The average Bonchev–Trinajstić information content (AvgIpc) is 3.33. The maximum absolute atomic E-state index is 12.5. The Kier molecular flexibility index (Phi) is 9.37. The number of esters is 1. The Labute approximate surface area is 208 Å². The van der Waals surface area contributed by atoms with Crippen molar-refractivity contribution in [2.75, 3.05) is 18.5 Å². The molecule has 3 aromatic rings. The molecule has 3 rings (SSSR count). The predicted molar refractivity (Wildman–Crippen MR) is 135 cm³/mol. The summed E-state index contributed by atoms with van der Waals surface area (Å²) in [5, 5.41) is 7.51. The molecule has 0 aliphatic rings. The number of nitrogens with zero attached hydrogens (tertiary/aromatic N) is 1. The summed E-state index contributed by atoms with van der Waals surface area (Å²) in [6.45, 7) is 4.91. The second-order valence-corrected chi connectivity index (χ2v) is 8.99. The fraction of sp³-hybridized carbons (Fsp3) is 0.308. The third-order valence-electron chi connectivity index (χ3n) is 5.10. The van der Waals surface area contributed by atoms with E-state index >= 15 is 0 Å². The molecule has 2 aromatic carbocycles. The number of thiazole rings is 1. The first-order valence-corrected chi connectivity index (χ1v) is 12.2. The van der Waals surface area contributed by atoms with Gasteiger partial charge in [-0.3, -0.25) is 14.9 Å². The molecule has 0 aliphatic heterocycles. The molecule has 9 heteroatoms. The summed E-state index contributed by atoms with van der Waals surface area (Å²) in [7, 11) is 0. The molecule has 0 aliphatic carbocycles. The third kappa shape index (κ3) is 7.92. The molecule has 1 aromatic heterocycles. The standard InChI is InChI=1S/C26H29N3O5S/c1-4-18-10-12-19(13-11-18)21-16-35-26(27-21)29-23(31)15-34-25(32)24(17(2)3)28-22(30)14-33-20-8-6-5-7-9-20/h5-13,16-17,24H,4,14-15H2,1-3H3,(H,28,30)(H,27,29,31)/t24-/m0/s1. The van der Waals surface area contributed by atoms with Crippen LogP contribution in [-0.4, -0.2) is 42.0 Å². The van der Waals surface area contributed by atoms with Gasteiger partial charge in [-0.25, -0.2) is 9.78 Å². The Hall–Kier alpha value is -3.72. The van der Waals surface area contributed by atoms with Crippen LogP contribution in [0.25, 0.3) is 11.3 Å². The number of rotatable bonds is 11. The van der Waals surface area contributed by atoms with Gasteiger partial charge in [-0.05, 0) is 30.0 Å². The van der Waals surface area contributed by atoms with Crippen molar-refractivity contribution in [3.8, 4) is 17.0 Å². The Morgan fingerprint density at radius 3 is 2.34 bits per heavy atom. The minimum absolute atomic E-state index is 0.242. The first-order chi connectivity index (χ1) is 16.9. The van der Waals surface area contributed by atoms with Crippen LogP contribution in [0, 0.1) is 5.92 Å². The lowest BCUT2D eigenvalue weighted by atomic mass is 10.0. The minimum Gasteiger partial charge on any atom is -0.484 e. The molecule has 184 valence electrons. The van der Waals surface area contributed by atoms with Crippen molar-refractivity contribution in [3.63, 3.8) is 0 Å². The van der Waals surface area contributed by atoms with E-state index in [9.17, 15) is 14.4 Å². The maximum atomic E-state index is 12.5. The lowest BCUT2D eigenvalue weighted by molar-refractivity contribution is -0.152. The topological polar surface area (TPSA) is 107 Å². The summed E-state index contributed by atoms with van der Waals surface area (Å²) in [4.78, 5) is 41.5. The molecule has 1 atom stereocenters.